The van der Waals surface area contributed by atoms with E-state index in [2.05, 4.69) is 33.1 Å². The molecule has 0 bridgehead atoms. The smallest absolute Gasteiger partial charge is 0.337 e. The number of unbranched alkanes of at least 4 members (excludes halogenated alkanes) is 1. The molecule has 5 rings (SSSR count). The first kappa shape index (κ1) is 21.6. The number of nitrogens with one attached hydrogen (secondary N) is 1. The maximum absolute atomic E-state index is 11.7. The molecule has 1 fully saturated rings. The molecular weight excluding hydrogens is 418 g/mol. The lowest BCUT2D eigenvalue weighted by Gasteiger charge is -2.36. The second-order valence-corrected chi connectivity index (χ2v) is 8.68. The molecular formula is C26H31N3O4. The standard InChI is InChI=1S/C26H31N3O4/c1-31-26(30)19-5-7-22-20(18-27-23(22)16-19)4-2-3-9-28-10-12-29(13-11-28)21-6-8-24-25(17-21)33-15-14-32-24/h5-8,16-18,27H,2-4,9-15H2,1H3. The van der Waals surface area contributed by atoms with Crippen LogP contribution in [0.2, 0.25) is 0 Å². The Morgan fingerprint density at radius 3 is 2.64 bits per heavy atom. The summed E-state index contributed by atoms with van der Waals surface area (Å²) >= 11 is 0. The van der Waals surface area contributed by atoms with E-state index in [9.17, 15) is 4.79 Å². The quantitative estimate of drug-likeness (QED) is 0.436. The number of rotatable bonds is 7. The third-order valence-electron chi connectivity index (χ3n) is 6.62. The van der Waals surface area contributed by atoms with Gasteiger partial charge >= 0.3 is 5.97 Å². The van der Waals surface area contributed by atoms with Crippen LogP contribution in [0.1, 0.15) is 28.8 Å². The van der Waals surface area contributed by atoms with Crippen LogP contribution in [0.3, 0.4) is 0 Å². The summed E-state index contributed by atoms with van der Waals surface area (Å²) in [5.74, 6) is 1.41. The van der Waals surface area contributed by atoms with Crippen molar-refractivity contribution in [1.82, 2.24) is 9.88 Å². The van der Waals surface area contributed by atoms with Gasteiger partial charge in [-0.15, -0.1) is 0 Å². The zero-order valence-electron chi connectivity index (χ0n) is 19.1. The molecule has 7 heteroatoms. The summed E-state index contributed by atoms with van der Waals surface area (Å²) in [4.78, 5) is 20.0. The Kier molecular flexibility index (Phi) is 6.39. The van der Waals surface area contributed by atoms with Crippen molar-refractivity contribution in [2.45, 2.75) is 19.3 Å². The van der Waals surface area contributed by atoms with Gasteiger partial charge in [-0.2, -0.15) is 0 Å². The Balaban J connectivity index is 1.07. The van der Waals surface area contributed by atoms with Crippen LogP contribution >= 0.6 is 0 Å². The zero-order chi connectivity index (χ0) is 22.6. The van der Waals surface area contributed by atoms with Gasteiger partial charge in [-0.1, -0.05) is 6.07 Å². The van der Waals surface area contributed by atoms with Gasteiger partial charge in [0, 0.05) is 55.0 Å². The Hall–Kier alpha value is -3.19. The number of fused-ring (bicyclic) bond motifs is 2. The number of nitrogens with zero attached hydrogens (tertiary/aromatic N) is 2. The number of methoxy groups -OCH3 is 1. The van der Waals surface area contributed by atoms with E-state index in [-0.39, 0.29) is 5.97 Å². The van der Waals surface area contributed by atoms with Gasteiger partial charge in [-0.3, -0.25) is 4.90 Å². The molecule has 3 heterocycles. The Morgan fingerprint density at radius 1 is 1.00 bits per heavy atom. The Bertz CT molecular complexity index is 1120. The number of hydrogen-bond donors (Lipinski definition) is 1. The third kappa shape index (κ3) is 4.78. The number of carbonyl (C=O) groups excluding carboxylic acids is 1. The van der Waals surface area contributed by atoms with Gasteiger partial charge in [0.25, 0.3) is 0 Å². The minimum Gasteiger partial charge on any atom is -0.486 e. The van der Waals surface area contributed by atoms with Crippen LogP contribution in [0, 0.1) is 0 Å². The average Bonchev–Trinajstić information content (AvgIpc) is 3.28. The molecule has 0 aliphatic carbocycles. The largest absolute Gasteiger partial charge is 0.486 e. The van der Waals surface area contributed by atoms with E-state index in [0.29, 0.717) is 18.8 Å². The Labute approximate surface area is 194 Å². The maximum Gasteiger partial charge on any atom is 0.337 e. The van der Waals surface area contributed by atoms with Gasteiger partial charge < -0.3 is 24.1 Å². The summed E-state index contributed by atoms with van der Waals surface area (Å²) in [5, 5.41) is 1.19. The van der Waals surface area contributed by atoms with E-state index in [0.717, 1.165) is 62.6 Å². The first-order valence-electron chi connectivity index (χ1n) is 11.8. The lowest BCUT2D eigenvalue weighted by atomic mass is 10.1. The monoisotopic (exact) mass is 449 g/mol. The second kappa shape index (κ2) is 9.75. The normalized spacial score (nSPS) is 16.2. The topological polar surface area (TPSA) is 67.0 Å². The van der Waals surface area contributed by atoms with E-state index in [1.807, 2.05) is 24.3 Å². The van der Waals surface area contributed by atoms with Crippen molar-refractivity contribution in [1.29, 1.82) is 0 Å². The highest BCUT2D eigenvalue weighted by Gasteiger charge is 2.19. The van der Waals surface area contributed by atoms with E-state index in [1.54, 1.807) is 0 Å². The van der Waals surface area contributed by atoms with Crippen molar-refractivity contribution in [2.24, 2.45) is 0 Å². The van der Waals surface area contributed by atoms with Gasteiger partial charge in [0.2, 0.25) is 0 Å². The molecule has 0 radical (unpaired) electrons. The molecule has 33 heavy (non-hydrogen) atoms. The molecule has 1 N–H and O–H groups in total. The molecule has 1 aromatic heterocycles. The van der Waals surface area contributed by atoms with Gasteiger partial charge in [0.15, 0.2) is 11.5 Å². The van der Waals surface area contributed by atoms with E-state index >= 15 is 0 Å². The molecule has 1 saturated heterocycles. The molecule has 0 amide bonds. The Morgan fingerprint density at radius 2 is 1.82 bits per heavy atom. The predicted octanol–water partition coefficient (Wildman–Crippen LogP) is 3.87. The van der Waals surface area contributed by atoms with Crippen LogP contribution in [-0.2, 0) is 11.2 Å². The molecule has 0 saturated carbocycles. The number of H-pyrrole nitrogens is 1. The van der Waals surface area contributed by atoms with Crippen molar-refractivity contribution in [3.05, 3.63) is 53.7 Å². The lowest BCUT2D eigenvalue weighted by Crippen LogP contribution is -2.46. The minimum atomic E-state index is -0.304. The number of carbonyl (C=O) groups is 1. The van der Waals surface area contributed by atoms with Crippen molar-refractivity contribution >= 4 is 22.6 Å². The van der Waals surface area contributed by atoms with Crippen LogP contribution in [0.5, 0.6) is 11.5 Å². The van der Waals surface area contributed by atoms with Crippen molar-refractivity contribution in [2.75, 3.05) is 57.9 Å². The fourth-order valence-electron chi connectivity index (χ4n) is 4.75. The summed E-state index contributed by atoms with van der Waals surface area (Å²) in [5.41, 5.74) is 4.09. The number of anilines is 1. The molecule has 0 spiro atoms. The predicted molar refractivity (Wildman–Crippen MR) is 129 cm³/mol. The molecule has 2 aromatic carbocycles. The van der Waals surface area contributed by atoms with E-state index in [1.165, 1.54) is 30.2 Å². The molecule has 3 aromatic rings. The first-order valence-corrected chi connectivity index (χ1v) is 11.8. The molecule has 2 aliphatic rings. The van der Waals surface area contributed by atoms with Crippen LogP contribution in [0.25, 0.3) is 10.9 Å². The van der Waals surface area contributed by atoms with Gasteiger partial charge in [-0.05, 0) is 55.6 Å². The number of aromatic amines is 1. The van der Waals surface area contributed by atoms with Crippen molar-refractivity contribution in [3.63, 3.8) is 0 Å². The van der Waals surface area contributed by atoms with Crippen molar-refractivity contribution in [3.8, 4) is 11.5 Å². The third-order valence-corrected chi connectivity index (χ3v) is 6.62. The van der Waals surface area contributed by atoms with Crippen LogP contribution in [0.4, 0.5) is 5.69 Å². The molecule has 0 atom stereocenters. The number of piperazine rings is 1. The first-order chi connectivity index (χ1) is 16.2. The highest BCUT2D eigenvalue weighted by molar-refractivity contribution is 5.95. The highest BCUT2D eigenvalue weighted by atomic mass is 16.6. The van der Waals surface area contributed by atoms with Gasteiger partial charge in [0.05, 0.1) is 12.7 Å². The zero-order valence-corrected chi connectivity index (χ0v) is 19.1. The molecule has 0 unspecified atom stereocenters. The number of ether oxygens (including phenoxy) is 3. The van der Waals surface area contributed by atoms with Crippen LogP contribution in [-0.4, -0.2) is 68.9 Å². The lowest BCUT2D eigenvalue weighted by molar-refractivity contribution is 0.0601. The fourth-order valence-corrected chi connectivity index (χ4v) is 4.75. The van der Waals surface area contributed by atoms with E-state index in [4.69, 9.17) is 14.2 Å². The molecule has 2 aliphatic heterocycles. The van der Waals surface area contributed by atoms with Crippen LogP contribution in [0.15, 0.2) is 42.6 Å². The number of esters is 1. The molecule has 7 nitrogen and oxygen atoms in total. The van der Waals surface area contributed by atoms with Gasteiger partial charge in [-0.25, -0.2) is 4.79 Å². The fraction of sp³-hybridized carbons (Fsp3) is 0.423. The van der Waals surface area contributed by atoms with E-state index < -0.39 is 0 Å². The minimum absolute atomic E-state index is 0.304. The summed E-state index contributed by atoms with van der Waals surface area (Å²) in [7, 11) is 1.41. The summed E-state index contributed by atoms with van der Waals surface area (Å²) in [6.07, 6.45) is 5.43. The van der Waals surface area contributed by atoms with Crippen molar-refractivity contribution < 1.29 is 19.0 Å². The summed E-state index contributed by atoms with van der Waals surface area (Å²) in [6.45, 7) is 6.60. The molecule has 174 valence electrons. The number of aromatic nitrogens is 1. The maximum atomic E-state index is 11.7. The van der Waals surface area contributed by atoms with Gasteiger partial charge in [0.1, 0.15) is 13.2 Å². The highest BCUT2D eigenvalue weighted by Crippen LogP contribution is 2.34. The van der Waals surface area contributed by atoms with Crippen LogP contribution < -0.4 is 14.4 Å². The number of benzene rings is 2. The second-order valence-electron chi connectivity index (χ2n) is 8.68. The summed E-state index contributed by atoms with van der Waals surface area (Å²) in [6, 6.07) is 12.0. The average molecular weight is 450 g/mol. The number of aryl methyl sites for hydroxylation is 1. The SMILES string of the molecule is COC(=O)c1ccc2c(CCCCN3CCN(c4ccc5c(c4)OCCO5)CC3)c[nH]c2c1. The summed E-state index contributed by atoms with van der Waals surface area (Å²) < 4.78 is 16.2. The number of hydrogen-bond acceptors (Lipinski definition) is 6.